The van der Waals surface area contributed by atoms with Gasteiger partial charge in [0.2, 0.25) is 0 Å². The molecule has 1 aliphatic rings. The van der Waals surface area contributed by atoms with Crippen molar-refractivity contribution in [1.82, 2.24) is 4.98 Å². The Morgan fingerprint density at radius 3 is 2.61 bits per heavy atom. The van der Waals surface area contributed by atoms with Crippen molar-refractivity contribution in [2.24, 2.45) is 0 Å². The number of hydrogen-bond acceptors (Lipinski definition) is 2. The average molecular weight is 239 g/mol. The number of aryl methyl sites for hydroxylation is 2. The Morgan fingerprint density at radius 2 is 1.89 bits per heavy atom. The lowest BCUT2D eigenvalue weighted by atomic mass is 9.77. The highest BCUT2D eigenvalue weighted by Gasteiger charge is 2.33. The molecule has 2 aromatic rings. The normalized spacial score (nSPS) is 22.6. The van der Waals surface area contributed by atoms with E-state index in [1.165, 1.54) is 11.1 Å². The third-order valence-corrected chi connectivity index (χ3v) is 3.86. The summed E-state index contributed by atoms with van der Waals surface area (Å²) in [6.07, 6.45) is 4.20. The molecule has 1 unspecified atom stereocenters. The van der Waals surface area contributed by atoms with Gasteiger partial charge in [0.15, 0.2) is 0 Å². The summed E-state index contributed by atoms with van der Waals surface area (Å²) in [5.41, 5.74) is 3.78. The van der Waals surface area contributed by atoms with Crippen LogP contribution in [-0.2, 0) is 18.4 Å². The van der Waals surface area contributed by atoms with Crippen molar-refractivity contribution in [3.8, 4) is 0 Å². The second kappa shape index (κ2) is 4.21. The van der Waals surface area contributed by atoms with E-state index < -0.39 is 5.60 Å². The van der Waals surface area contributed by atoms with Crippen molar-refractivity contribution in [1.29, 1.82) is 0 Å². The Bertz CT molecular complexity index is 562. The van der Waals surface area contributed by atoms with Gasteiger partial charge < -0.3 is 5.11 Å². The summed E-state index contributed by atoms with van der Waals surface area (Å²) in [6.45, 7) is 1.96. The van der Waals surface area contributed by atoms with Gasteiger partial charge in [0.05, 0.1) is 5.60 Å². The topological polar surface area (TPSA) is 33.1 Å². The van der Waals surface area contributed by atoms with Gasteiger partial charge in [-0.15, -0.1) is 0 Å². The lowest BCUT2D eigenvalue weighted by molar-refractivity contribution is 0.0219. The van der Waals surface area contributed by atoms with E-state index in [1.807, 2.05) is 31.3 Å². The minimum atomic E-state index is -0.755. The average Bonchev–Trinajstić information content (AvgIpc) is 2.39. The molecule has 1 N–H and O–H groups in total. The van der Waals surface area contributed by atoms with Gasteiger partial charge in [0.1, 0.15) is 0 Å². The third-order valence-electron chi connectivity index (χ3n) is 3.86. The molecular weight excluding hydrogens is 222 g/mol. The molecule has 0 saturated carbocycles. The minimum absolute atomic E-state index is 0.688. The highest BCUT2D eigenvalue weighted by atomic mass is 16.3. The van der Waals surface area contributed by atoms with Crippen molar-refractivity contribution in [3.05, 3.63) is 65.0 Å². The summed E-state index contributed by atoms with van der Waals surface area (Å²) in [6, 6.07) is 12.3. The fraction of sp³-hybridized carbons (Fsp3) is 0.312. The zero-order valence-electron chi connectivity index (χ0n) is 10.6. The van der Waals surface area contributed by atoms with E-state index in [1.54, 1.807) is 0 Å². The smallest absolute Gasteiger partial charge is 0.0954 e. The van der Waals surface area contributed by atoms with Gasteiger partial charge in [-0.25, -0.2) is 0 Å². The van der Waals surface area contributed by atoms with Crippen molar-refractivity contribution in [3.63, 3.8) is 0 Å². The molecule has 2 heteroatoms. The van der Waals surface area contributed by atoms with E-state index in [4.69, 9.17) is 0 Å². The lowest BCUT2D eigenvalue weighted by Crippen LogP contribution is -2.33. The number of benzene rings is 1. The van der Waals surface area contributed by atoms with Gasteiger partial charge in [0.25, 0.3) is 0 Å². The zero-order valence-corrected chi connectivity index (χ0v) is 10.6. The molecule has 1 heterocycles. The van der Waals surface area contributed by atoms with Crippen LogP contribution in [0.1, 0.15) is 28.8 Å². The Balaban J connectivity index is 1.96. The second-order valence-corrected chi connectivity index (χ2v) is 5.17. The predicted octanol–water partition coefficient (Wildman–Crippen LogP) is 2.77. The zero-order chi connectivity index (χ0) is 12.6. The standard InChI is InChI=1S/C16H17NO/c1-12-6-7-15(11-17-12)16(18)9-8-13-4-2-3-5-14(13)10-16/h2-7,11,18H,8-10H2,1H3. The molecule has 0 fully saturated rings. The van der Waals surface area contributed by atoms with E-state index in [-0.39, 0.29) is 0 Å². The summed E-state index contributed by atoms with van der Waals surface area (Å²) in [7, 11) is 0. The first kappa shape index (κ1) is 11.4. The first-order chi connectivity index (χ1) is 8.67. The number of aliphatic hydroxyl groups is 1. The van der Waals surface area contributed by atoms with E-state index in [2.05, 4.69) is 23.2 Å². The maximum absolute atomic E-state index is 10.8. The number of rotatable bonds is 1. The van der Waals surface area contributed by atoms with Gasteiger partial charge >= 0.3 is 0 Å². The molecule has 2 nitrogen and oxygen atoms in total. The summed E-state index contributed by atoms with van der Waals surface area (Å²) < 4.78 is 0. The van der Waals surface area contributed by atoms with Crippen molar-refractivity contribution >= 4 is 0 Å². The van der Waals surface area contributed by atoms with E-state index in [0.717, 1.165) is 24.1 Å². The number of fused-ring (bicyclic) bond motifs is 1. The predicted molar refractivity (Wildman–Crippen MR) is 71.3 cm³/mol. The van der Waals surface area contributed by atoms with E-state index in [0.29, 0.717) is 6.42 Å². The maximum atomic E-state index is 10.8. The van der Waals surface area contributed by atoms with Crippen LogP contribution in [-0.4, -0.2) is 10.1 Å². The largest absolute Gasteiger partial charge is 0.385 e. The molecule has 92 valence electrons. The van der Waals surface area contributed by atoms with Crippen LogP contribution in [0.2, 0.25) is 0 Å². The molecule has 0 aliphatic heterocycles. The van der Waals surface area contributed by atoms with Gasteiger partial charge in [-0.1, -0.05) is 30.3 Å². The molecule has 0 amide bonds. The number of pyridine rings is 1. The number of aromatic nitrogens is 1. The fourth-order valence-electron chi connectivity index (χ4n) is 2.71. The second-order valence-electron chi connectivity index (χ2n) is 5.17. The molecule has 0 spiro atoms. The fourth-order valence-corrected chi connectivity index (χ4v) is 2.71. The SMILES string of the molecule is Cc1ccc(C2(O)CCc3ccccc3C2)cn1. The molecule has 1 aromatic heterocycles. The van der Waals surface area contributed by atoms with Gasteiger partial charge in [0, 0.05) is 23.9 Å². The van der Waals surface area contributed by atoms with Crippen LogP contribution in [0.5, 0.6) is 0 Å². The molecule has 0 saturated heterocycles. The maximum Gasteiger partial charge on any atom is 0.0954 e. The van der Waals surface area contributed by atoms with Crippen LogP contribution < -0.4 is 0 Å². The highest BCUT2D eigenvalue weighted by molar-refractivity contribution is 5.35. The van der Waals surface area contributed by atoms with Crippen LogP contribution in [0.25, 0.3) is 0 Å². The van der Waals surface area contributed by atoms with Crippen molar-refractivity contribution in [2.45, 2.75) is 31.8 Å². The van der Waals surface area contributed by atoms with Crippen LogP contribution in [0, 0.1) is 6.92 Å². The first-order valence-corrected chi connectivity index (χ1v) is 6.40. The lowest BCUT2D eigenvalue weighted by Gasteiger charge is -2.33. The molecule has 0 bridgehead atoms. The number of hydrogen-bond donors (Lipinski definition) is 1. The Labute approximate surface area is 107 Å². The van der Waals surface area contributed by atoms with Gasteiger partial charge in [-0.3, -0.25) is 4.98 Å². The van der Waals surface area contributed by atoms with Crippen LogP contribution in [0.4, 0.5) is 0 Å². The summed E-state index contributed by atoms with van der Waals surface area (Å²) in [5, 5.41) is 10.8. The summed E-state index contributed by atoms with van der Waals surface area (Å²) in [5.74, 6) is 0. The molecule has 0 radical (unpaired) electrons. The van der Waals surface area contributed by atoms with Crippen molar-refractivity contribution in [2.75, 3.05) is 0 Å². The first-order valence-electron chi connectivity index (χ1n) is 6.40. The molecule has 18 heavy (non-hydrogen) atoms. The third kappa shape index (κ3) is 1.93. The minimum Gasteiger partial charge on any atom is -0.385 e. The quantitative estimate of drug-likeness (QED) is 0.830. The summed E-state index contributed by atoms with van der Waals surface area (Å²) in [4.78, 5) is 4.30. The molecular formula is C16H17NO. The van der Waals surface area contributed by atoms with E-state index >= 15 is 0 Å². The monoisotopic (exact) mass is 239 g/mol. The van der Waals surface area contributed by atoms with Gasteiger partial charge in [-0.2, -0.15) is 0 Å². The molecule has 1 atom stereocenters. The summed E-state index contributed by atoms with van der Waals surface area (Å²) >= 11 is 0. The number of nitrogens with zero attached hydrogens (tertiary/aromatic N) is 1. The Morgan fingerprint density at radius 1 is 1.11 bits per heavy atom. The Hall–Kier alpha value is -1.67. The van der Waals surface area contributed by atoms with Crippen LogP contribution in [0.15, 0.2) is 42.6 Å². The van der Waals surface area contributed by atoms with Crippen LogP contribution in [0.3, 0.4) is 0 Å². The molecule has 3 rings (SSSR count). The van der Waals surface area contributed by atoms with Crippen LogP contribution >= 0.6 is 0 Å². The van der Waals surface area contributed by atoms with E-state index in [9.17, 15) is 5.11 Å². The highest BCUT2D eigenvalue weighted by Crippen LogP contribution is 2.35. The molecule has 1 aromatic carbocycles. The van der Waals surface area contributed by atoms with Crippen molar-refractivity contribution < 1.29 is 5.11 Å². The Kier molecular flexibility index (Phi) is 2.67. The molecule has 1 aliphatic carbocycles. The van der Waals surface area contributed by atoms with Gasteiger partial charge in [-0.05, 0) is 37.0 Å².